The van der Waals surface area contributed by atoms with Gasteiger partial charge in [-0.3, -0.25) is 4.79 Å². The second-order valence-corrected chi connectivity index (χ2v) is 8.28. The number of nitrogens with one attached hydrogen (secondary N) is 1. The van der Waals surface area contributed by atoms with E-state index >= 15 is 0 Å². The third kappa shape index (κ3) is 4.66. The molecular formula is C28H26N4O3. The van der Waals surface area contributed by atoms with E-state index in [1.165, 1.54) is 4.68 Å². The zero-order valence-corrected chi connectivity index (χ0v) is 19.5. The molecule has 0 spiro atoms. The van der Waals surface area contributed by atoms with Gasteiger partial charge in [-0.05, 0) is 43.3 Å². The summed E-state index contributed by atoms with van der Waals surface area (Å²) in [6, 6.07) is 26.0. The second-order valence-electron chi connectivity index (χ2n) is 8.28. The third-order valence-electron chi connectivity index (χ3n) is 6.02. The van der Waals surface area contributed by atoms with Crippen LogP contribution in [0.5, 0.6) is 5.75 Å². The molecule has 7 nitrogen and oxygen atoms in total. The van der Waals surface area contributed by atoms with E-state index in [1.54, 1.807) is 17.0 Å². The van der Waals surface area contributed by atoms with E-state index in [1.807, 2.05) is 79.7 Å². The quantitative estimate of drug-likeness (QED) is 0.437. The van der Waals surface area contributed by atoms with Gasteiger partial charge in [0.05, 0.1) is 24.5 Å². The van der Waals surface area contributed by atoms with Crippen LogP contribution in [0.15, 0.2) is 84.9 Å². The third-order valence-corrected chi connectivity index (χ3v) is 6.02. The number of benzene rings is 3. The number of hydrogen-bond acceptors (Lipinski definition) is 4. The first-order chi connectivity index (χ1) is 17.1. The normalized spacial score (nSPS) is 12.7. The van der Waals surface area contributed by atoms with Crippen LogP contribution >= 0.6 is 0 Å². The molecule has 35 heavy (non-hydrogen) atoms. The van der Waals surface area contributed by atoms with E-state index in [0.29, 0.717) is 37.4 Å². The predicted octanol–water partition coefficient (Wildman–Crippen LogP) is 5.23. The Hall–Kier alpha value is -4.39. The summed E-state index contributed by atoms with van der Waals surface area (Å²) in [5.74, 6) is 0.590. The summed E-state index contributed by atoms with van der Waals surface area (Å²) in [5.41, 5.74) is 4.66. The van der Waals surface area contributed by atoms with Gasteiger partial charge < -0.3 is 15.0 Å². The lowest BCUT2D eigenvalue weighted by atomic mass is 10.0. The standard InChI is InChI=1S/C28H26N4O3/c1-2-35-23-15-13-22(14-16-23)29-28(34)31-18-17-25-24(19-31)26(20-9-5-3-6-10-20)30-32(25)27(33)21-11-7-4-8-12-21/h3-16H,2,17-19H2,1H3,(H,29,34). The van der Waals surface area contributed by atoms with Crippen molar-refractivity contribution in [3.8, 4) is 17.0 Å². The Morgan fingerprint density at radius 3 is 2.31 bits per heavy atom. The number of aromatic nitrogens is 2. The van der Waals surface area contributed by atoms with E-state index in [9.17, 15) is 9.59 Å². The van der Waals surface area contributed by atoms with Crippen LogP contribution in [0.2, 0.25) is 0 Å². The maximum absolute atomic E-state index is 13.3. The van der Waals surface area contributed by atoms with Gasteiger partial charge in [-0.15, -0.1) is 0 Å². The molecule has 0 radical (unpaired) electrons. The molecule has 3 aromatic carbocycles. The molecule has 4 aromatic rings. The Morgan fingerprint density at radius 2 is 1.63 bits per heavy atom. The molecule has 0 atom stereocenters. The number of fused-ring (bicyclic) bond motifs is 1. The van der Waals surface area contributed by atoms with Gasteiger partial charge in [0.15, 0.2) is 0 Å². The molecule has 2 heterocycles. The van der Waals surface area contributed by atoms with E-state index in [-0.39, 0.29) is 11.9 Å². The summed E-state index contributed by atoms with van der Waals surface area (Å²) in [6.07, 6.45) is 0.532. The van der Waals surface area contributed by atoms with Gasteiger partial charge in [-0.2, -0.15) is 9.78 Å². The second kappa shape index (κ2) is 9.85. The van der Waals surface area contributed by atoms with Crippen molar-refractivity contribution < 1.29 is 14.3 Å². The topological polar surface area (TPSA) is 76.5 Å². The highest BCUT2D eigenvalue weighted by Gasteiger charge is 2.30. The molecule has 7 heteroatoms. The average molecular weight is 467 g/mol. The maximum atomic E-state index is 13.3. The molecule has 1 aromatic heterocycles. The van der Waals surface area contributed by atoms with Crippen LogP contribution < -0.4 is 10.1 Å². The lowest BCUT2D eigenvalue weighted by Gasteiger charge is -2.28. The van der Waals surface area contributed by atoms with Gasteiger partial charge in [0.2, 0.25) is 0 Å². The Bertz CT molecular complexity index is 1330. The van der Waals surface area contributed by atoms with Crippen LogP contribution in [0.25, 0.3) is 11.3 Å². The minimum atomic E-state index is -0.194. The van der Waals surface area contributed by atoms with Crippen LogP contribution in [0.3, 0.4) is 0 Å². The number of ether oxygens (including phenoxy) is 1. The molecule has 1 aliphatic heterocycles. The number of urea groups is 1. The first kappa shape index (κ1) is 22.4. The van der Waals surface area contributed by atoms with E-state index < -0.39 is 0 Å². The molecule has 0 saturated carbocycles. The predicted molar refractivity (Wildman–Crippen MR) is 135 cm³/mol. The van der Waals surface area contributed by atoms with E-state index in [0.717, 1.165) is 28.3 Å². The number of hydrogen-bond donors (Lipinski definition) is 1. The highest BCUT2D eigenvalue weighted by molar-refractivity contribution is 5.96. The number of anilines is 1. The Kier molecular flexibility index (Phi) is 6.30. The maximum Gasteiger partial charge on any atom is 0.322 e. The van der Waals surface area contributed by atoms with Crippen molar-refractivity contribution in [1.29, 1.82) is 0 Å². The molecular weight excluding hydrogens is 440 g/mol. The smallest absolute Gasteiger partial charge is 0.322 e. The Labute approximate surface area is 204 Å². The van der Waals surface area contributed by atoms with Gasteiger partial charge in [0.25, 0.3) is 5.91 Å². The fourth-order valence-corrected chi connectivity index (χ4v) is 4.29. The molecule has 1 N–H and O–H groups in total. The summed E-state index contributed by atoms with van der Waals surface area (Å²) in [5, 5.41) is 7.70. The molecule has 0 saturated heterocycles. The molecule has 1 aliphatic rings. The zero-order valence-electron chi connectivity index (χ0n) is 19.5. The fraction of sp³-hybridized carbons (Fsp3) is 0.179. The van der Waals surface area contributed by atoms with Crippen LogP contribution in [0.4, 0.5) is 10.5 Å². The van der Waals surface area contributed by atoms with E-state index in [4.69, 9.17) is 9.84 Å². The first-order valence-electron chi connectivity index (χ1n) is 11.7. The SMILES string of the molecule is CCOc1ccc(NC(=O)N2CCc3c(c(-c4ccccc4)nn3C(=O)c3ccccc3)C2)cc1. The van der Waals surface area contributed by atoms with Crippen molar-refractivity contribution in [2.75, 3.05) is 18.5 Å². The van der Waals surface area contributed by atoms with Gasteiger partial charge in [0, 0.05) is 35.3 Å². The minimum absolute atomic E-state index is 0.170. The van der Waals surface area contributed by atoms with Crippen molar-refractivity contribution >= 4 is 17.6 Å². The average Bonchev–Trinajstić information content (AvgIpc) is 3.29. The number of carbonyl (C=O) groups excluding carboxylic acids is 2. The highest BCUT2D eigenvalue weighted by atomic mass is 16.5. The van der Waals surface area contributed by atoms with Crippen molar-refractivity contribution in [2.24, 2.45) is 0 Å². The Balaban J connectivity index is 1.43. The molecule has 2 amide bonds. The summed E-state index contributed by atoms with van der Waals surface area (Å²) in [7, 11) is 0. The first-order valence-corrected chi connectivity index (χ1v) is 11.7. The number of amides is 2. The van der Waals surface area contributed by atoms with Crippen molar-refractivity contribution in [3.05, 3.63) is 102 Å². The minimum Gasteiger partial charge on any atom is -0.494 e. The molecule has 0 bridgehead atoms. The van der Waals surface area contributed by atoms with E-state index in [2.05, 4.69) is 5.32 Å². The van der Waals surface area contributed by atoms with Crippen LogP contribution in [0.1, 0.15) is 28.5 Å². The molecule has 0 fully saturated rings. The summed E-state index contributed by atoms with van der Waals surface area (Å²) in [4.78, 5) is 28.1. The summed E-state index contributed by atoms with van der Waals surface area (Å²) >= 11 is 0. The van der Waals surface area contributed by atoms with Crippen LogP contribution in [-0.4, -0.2) is 39.8 Å². The van der Waals surface area contributed by atoms with Gasteiger partial charge in [-0.1, -0.05) is 48.5 Å². The zero-order chi connectivity index (χ0) is 24.2. The monoisotopic (exact) mass is 466 g/mol. The summed E-state index contributed by atoms with van der Waals surface area (Å²) in [6.45, 7) is 3.37. The molecule has 0 unspecified atom stereocenters. The van der Waals surface area contributed by atoms with Crippen LogP contribution in [0, 0.1) is 0 Å². The summed E-state index contributed by atoms with van der Waals surface area (Å²) < 4.78 is 6.98. The lowest BCUT2D eigenvalue weighted by Crippen LogP contribution is -2.39. The molecule has 5 rings (SSSR count). The van der Waals surface area contributed by atoms with Crippen LogP contribution in [-0.2, 0) is 13.0 Å². The van der Waals surface area contributed by atoms with Gasteiger partial charge >= 0.3 is 6.03 Å². The van der Waals surface area contributed by atoms with Crippen molar-refractivity contribution in [3.63, 3.8) is 0 Å². The number of nitrogens with zero attached hydrogens (tertiary/aromatic N) is 3. The van der Waals surface area contributed by atoms with Gasteiger partial charge in [-0.25, -0.2) is 4.79 Å². The van der Waals surface area contributed by atoms with Crippen molar-refractivity contribution in [2.45, 2.75) is 19.9 Å². The molecule has 0 aliphatic carbocycles. The van der Waals surface area contributed by atoms with Crippen molar-refractivity contribution in [1.82, 2.24) is 14.7 Å². The Morgan fingerprint density at radius 1 is 0.943 bits per heavy atom. The highest BCUT2D eigenvalue weighted by Crippen LogP contribution is 2.31. The fourth-order valence-electron chi connectivity index (χ4n) is 4.29. The lowest BCUT2D eigenvalue weighted by molar-refractivity contribution is 0.0940. The molecule has 176 valence electrons. The largest absolute Gasteiger partial charge is 0.494 e. The number of rotatable bonds is 5. The van der Waals surface area contributed by atoms with Gasteiger partial charge in [0.1, 0.15) is 5.75 Å². The number of carbonyl (C=O) groups is 2.